The molecule has 0 saturated heterocycles. The highest BCUT2D eigenvalue weighted by molar-refractivity contribution is 7.89. The molecule has 0 heterocycles. The lowest BCUT2D eigenvalue weighted by Crippen LogP contribution is -2.38. The maximum atomic E-state index is 12.5. The van der Waals surface area contributed by atoms with E-state index in [-0.39, 0.29) is 6.04 Å². The number of fused-ring (bicyclic) bond motifs is 1. The smallest absolute Gasteiger partial charge is 0.240 e. The number of ether oxygens (including phenoxy) is 1. The first-order valence-electron chi connectivity index (χ1n) is 7.73. The van der Waals surface area contributed by atoms with Gasteiger partial charge in [-0.3, -0.25) is 0 Å². The van der Waals surface area contributed by atoms with Crippen molar-refractivity contribution < 1.29 is 13.2 Å². The zero-order valence-electron chi connectivity index (χ0n) is 13.4. The van der Waals surface area contributed by atoms with Crippen LogP contribution in [0, 0.1) is 6.92 Å². The normalized spacial score (nSPS) is 17.6. The van der Waals surface area contributed by atoms with Crippen LogP contribution >= 0.6 is 0 Å². The summed E-state index contributed by atoms with van der Waals surface area (Å²) >= 11 is 0. The largest absolute Gasteiger partial charge is 0.497 e. The summed E-state index contributed by atoms with van der Waals surface area (Å²) in [7, 11) is -1.84. The molecule has 0 aliphatic heterocycles. The molecule has 23 heavy (non-hydrogen) atoms. The average Bonchev–Trinajstić information content (AvgIpc) is 2.54. The Bertz CT molecular complexity index is 798. The van der Waals surface area contributed by atoms with Gasteiger partial charge < -0.3 is 4.74 Å². The molecule has 1 aliphatic rings. The number of rotatable bonds is 4. The van der Waals surface area contributed by atoms with E-state index in [2.05, 4.69) is 10.8 Å². The fourth-order valence-corrected chi connectivity index (χ4v) is 4.24. The van der Waals surface area contributed by atoms with Crippen molar-refractivity contribution in [3.8, 4) is 5.75 Å². The Hall–Kier alpha value is -1.85. The second-order valence-electron chi connectivity index (χ2n) is 6.01. The van der Waals surface area contributed by atoms with Gasteiger partial charge in [-0.05, 0) is 61.6 Å². The van der Waals surface area contributed by atoms with Crippen LogP contribution in [0.1, 0.15) is 23.1 Å². The Morgan fingerprint density at radius 2 is 1.83 bits per heavy atom. The van der Waals surface area contributed by atoms with Gasteiger partial charge in [-0.25, -0.2) is 13.1 Å². The third-order valence-electron chi connectivity index (χ3n) is 4.29. The molecule has 1 atom stereocenters. The van der Waals surface area contributed by atoms with Crippen LogP contribution in [0.2, 0.25) is 0 Å². The summed E-state index contributed by atoms with van der Waals surface area (Å²) in [5, 5.41) is 0. The summed E-state index contributed by atoms with van der Waals surface area (Å²) in [5.41, 5.74) is 3.48. The van der Waals surface area contributed by atoms with E-state index in [1.807, 2.05) is 31.2 Å². The Labute approximate surface area is 137 Å². The minimum absolute atomic E-state index is 0.0825. The van der Waals surface area contributed by atoms with Gasteiger partial charge in [0.05, 0.1) is 12.0 Å². The number of sulfonamides is 1. The summed E-state index contributed by atoms with van der Waals surface area (Å²) in [6.45, 7) is 1.94. The zero-order valence-corrected chi connectivity index (χ0v) is 14.2. The van der Waals surface area contributed by atoms with Crippen molar-refractivity contribution in [1.29, 1.82) is 0 Å². The Morgan fingerprint density at radius 1 is 1.09 bits per heavy atom. The molecule has 0 fully saturated rings. The summed E-state index contributed by atoms with van der Waals surface area (Å²) in [6, 6.07) is 12.9. The van der Waals surface area contributed by atoms with E-state index in [1.165, 1.54) is 5.56 Å². The molecule has 122 valence electrons. The summed E-state index contributed by atoms with van der Waals surface area (Å²) in [5.74, 6) is 0.811. The van der Waals surface area contributed by atoms with Crippen LogP contribution in [-0.4, -0.2) is 21.6 Å². The summed E-state index contributed by atoms with van der Waals surface area (Å²) in [4.78, 5) is 0.319. The van der Waals surface area contributed by atoms with Crippen molar-refractivity contribution in [3.63, 3.8) is 0 Å². The predicted octanol–water partition coefficient (Wildman–Crippen LogP) is 2.84. The topological polar surface area (TPSA) is 55.4 Å². The van der Waals surface area contributed by atoms with Crippen molar-refractivity contribution in [2.45, 2.75) is 37.1 Å². The third-order valence-corrected chi connectivity index (χ3v) is 5.83. The standard InChI is InChI=1S/C18H21NO3S/c1-13-3-9-18(10-4-13)23(20,21)19-16-7-5-14-6-8-17(22-2)12-15(14)11-16/h3-4,6,8-10,12,16,19H,5,7,11H2,1-2H3/t16-/m0/s1. The lowest BCUT2D eigenvalue weighted by molar-refractivity contribution is 0.412. The second-order valence-corrected chi connectivity index (χ2v) is 7.72. The van der Waals surface area contributed by atoms with Gasteiger partial charge in [0.25, 0.3) is 0 Å². The fourth-order valence-electron chi connectivity index (χ4n) is 2.97. The van der Waals surface area contributed by atoms with Crippen molar-refractivity contribution in [2.24, 2.45) is 0 Å². The predicted molar refractivity (Wildman–Crippen MR) is 90.3 cm³/mol. The first-order valence-corrected chi connectivity index (χ1v) is 9.21. The van der Waals surface area contributed by atoms with Crippen LogP contribution in [0.25, 0.3) is 0 Å². The molecule has 0 aromatic heterocycles. The van der Waals surface area contributed by atoms with Crippen LogP contribution in [0.3, 0.4) is 0 Å². The van der Waals surface area contributed by atoms with E-state index in [0.717, 1.165) is 29.7 Å². The zero-order chi connectivity index (χ0) is 16.4. The van der Waals surface area contributed by atoms with Gasteiger partial charge in [0.1, 0.15) is 5.75 Å². The highest BCUT2D eigenvalue weighted by Crippen LogP contribution is 2.26. The van der Waals surface area contributed by atoms with Gasteiger partial charge in [0.2, 0.25) is 10.0 Å². The summed E-state index contributed by atoms with van der Waals surface area (Å²) in [6.07, 6.45) is 2.38. The summed E-state index contributed by atoms with van der Waals surface area (Å²) < 4.78 is 33.1. The molecule has 0 bridgehead atoms. The molecule has 0 saturated carbocycles. The van der Waals surface area contributed by atoms with Gasteiger partial charge in [-0.15, -0.1) is 0 Å². The lowest BCUT2D eigenvalue weighted by Gasteiger charge is -2.25. The quantitative estimate of drug-likeness (QED) is 0.937. The van der Waals surface area contributed by atoms with Crippen molar-refractivity contribution >= 4 is 10.0 Å². The minimum Gasteiger partial charge on any atom is -0.497 e. The molecular formula is C18H21NO3S. The number of benzene rings is 2. The maximum Gasteiger partial charge on any atom is 0.240 e. The molecular weight excluding hydrogens is 310 g/mol. The number of methoxy groups -OCH3 is 1. The third kappa shape index (κ3) is 3.57. The van der Waals surface area contributed by atoms with Gasteiger partial charge in [-0.1, -0.05) is 23.8 Å². The second kappa shape index (κ2) is 6.34. The van der Waals surface area contributed by atoms with Crippen LogP contribution in [-0.2, 0) is 22.9 Å². The van der Waals surface area contributed by atoms with Gasteiger partial charge in [0.15, 0.2) is 0 Å². The number of aryl methyl sites for hydroxylation is 2. The van der Waals surface area contributed by atoms with E-state index in [0.29, 0.717) is 11.3 Å². The molecule has 0 spiro atoms. The van der Waals surface area contributed by atoms with E-state index < -0.39 is 10.0 Å². The Balaban J connectivity index is 1.77. The van der Waals surface area contributed by atoms with Gasteiger partial charge >= 0.3 is 0 Å². The molecule has 2 aromatic carbocycles. The molecule has 5 heteroatoms. The molecule has 2 aromatic rings. The first-order chi connectivity index (χ1) is 11.0. The highest BCUT2D eigenvalue weighted by atomic mass is 32.2. The van der Waals surface area contributed by atoms with Crippen LogP contribution < -0.4 is 9.46 Å². The molecule has 0 radical (unpaired) electrons. The monoisotopic (exact) mass is 331 g/mol. The molecule has 1 aliphatic carbocycles. The molecule has 4 nitrogen and oxygen atoms in total. The Morgan fingerprint density at radius 3 is 2.52 bits per heavy atom. The molecule has 0 unspecified atom stereocenters. The first kappa shape index (κ1) is 16.0. The van der Waals surface area contributed by atoms with Crippen molar-refractivity contribution in [2.75, 3.05) is 7.11 Å². The highest BCUT2D eigenvalue weighted by Gasteiger charge is 2.24. The lowest BCUT2D eigenvalue weighted by atomic mass is 9.89. The van der Waals surface area contributed by atoms with E-state index in [1.54, 1.807) is 19.2 Å². The number of hydrogen-bond acceptors (Lipinski definition) is 3. The van der Waals surface area contributed by atoms with Gasteiger partial charge in [0, 0.05) is 6.04 Å². The maximum absolute atomic E-state index is 12.5. The molecule has 3 rings (SSSR count). The van der Waals surface area contributed by atoms with Crippen LogP contribution in [0.5, 0.6) is 5.75 Å². The van der Waals surface area contributed by atoms with Gasteiger partial charge in [-0.2, -0.15) is 0 Å². The van der Waals surface area contributed by atoms with Crippen molar-refractivity contribution in [3.05, 3.63) is 59.2 Å². The van der Waals surface area contributed by atoms with E-state index in [9.17, 15) is 8.42 Å². The average molecular weight is 331 g/mol. The molecule has 0 amide bonds. The SMILES string of the molecule is COc1ccc2c(c1)C[C@@H](NS(=O)(=O)c1ccc(C)cc1)CC2. The number of hydrogen-bond donors (Lipinski definition) is 1. The number of nitrogens with one attached hydrogen (secondary N) is 1. The van der Waals surface area contributed by atoms with Crippen LogP contribution in [0.15, 0.2) is 47.4 Å². The molecule has 1 N–H and O–H groups in total. The van der Waals surface area contributed by atoms with E-state index in [4.69, 9.17) is 4.74 Å². The van der Waals surface area contributed by atoms with Crippen molar-refractivity contribution in [1.82, 2.24) is 4.72 Å². The Kier molecular flexibility index (Phi) is 4.41. The fraction of sp³-hybridized carbons (Fsp3) is 0.333. The minimum atomic E-state index is -3.48. The van der Waals surface area contributed by atoms with E-state index >= 15 is 0 Å². The van der Waals surface area contributed by atoms with Crippen LogP contribution in [0.4, 0.5) is 0 Å².